The molecule has 5 atom stereocenters. The molecule has 7 heteroatoms. The van der Waals surface area contributed by atoms with E-state index in [9.17, 15) is 14.4 Å². The molecule has 2 aliphatic rings. The number of benzene rings is 1. The van der Waals surface area contributed by atoms with Crippen molar-refractivity contribution >= 4 is 17.9 Å². The quantitative estimate of drug-likeness (QED) is 0.643. The van der Waals surface area contributed by atoms with E-state index in [1.807, 2.05) is 24.3 Å². The molecule has 140 valence electrons. The summed E-state index contributed by atoms with van der Waals surface area (Å²) in [5.41, 5.74) is 2.29. The van der Waals surface area contributed by atoms with Gasteiger partial charge in [0.25, 0.3) is 0 Å². The molecule has 1 aromatic rings. The number of hydrogen-bond acceptors (Lipinski definition) is 7. The van der Waals surface area contributed by atoms with Crippen LogP contribution in [0, 0.1) is 0 Å². The van der Waals surface area contributed by atoms with Crippen molar-refractivity contribution in [1.82, 2.24) is 5.32 Å². The average Bonchev–Trinajstić information content (AvgIpc) is 2.56. The number of hydrogen-bond donors (Lipinski definition) is 1. The van der Waals surface area contributed by atoms with Gasteiger partial charge in [-0.15, -0.1) is 0 Å². The fraction of sp³-hybridized carbons (Fsp3) is 0.526. The van der Waals surface area contributed by atoms with Crippen molar-refractivity contribution in [2.75, 3.05) is 0 Å². The number of nitrogens with one attached hydrogen (secondary N) is 1. The van der Waals surface area contributed by atoms with Crippen molar-refractivity contribution in [2.24, 2.45) is 0 Å². The molecule has 7 nitrogen and oxygen atoms in total. The zero-order valence-electron chi connectivity index (χ0n) is 15.1. The van der Waals surface area contributed by atoms with E-state index in [2.05, 4.69) is 5.32 Å². The third kappa shape index (κ3) is 3.72. The summed E-state index contributed by atoms with van der Waals surface area (Å²) in [7, 11) is 0. The lowest BCUT2D eigenvalue weighted by atomic mass is 9.72. The highest BCUT2D eigenvalue weighted by Crippen LogP contribution is 2.41. The Bertz CT molecular complexity index is 718. The van der Waals surface area contributed by atoms with E-state index in [1.54, 1.807) is 0 Å². The summed E-state index contributed by atoms with van der Waals surface area (Å²) in [6.45, 7) is 4.53. The SMILES string of the molecule is CC(=O)OC1CC2c3ccccc3CNC2C(OC(C)=O)C1OC(C)=O. The van der Waals surface area contributed by atoms with Crippen molar-refractivity contribution in [3.8, 4) is 0 Å². The van der Waals surface area contributed by atoms with Gasteiger partial charge in [-0.25, -0.2) is 0 Å². The Balaban J connectivity index is 2.00. The highest BCUT2D eigenvalue weighted by Gasteiger charge is 2.51. The van der Waals surface area contributed by atoms with Crippen LogP contribution >= 0.6 is 0 Å². The van der Waals surface area contributed by atoms with Gasteiger partial charge in [0.05, 0.1) is 6.04 Å². The third-order valence-electron chi connectivity index (χ3n) is 4.87. The lowest BCUT2D eigenvalue weighted by molar-refractivity contribution is -0.195. The molecule has 0 radical (unpaired) electrons. The maximum atomic E-state index is 11.7. The molecule has 5 unspecified atom stereocenters. The molecule has 0 bridgehead atoms. The Morgan fingerprint density at radius 2 is 1.54 bits per heavy atom. The Hall–Kier alpha value is -2.41. The van der Waals surface area contributed by atoms with Crippen LogP contribution < -0.4 is 5.32 Å². The summed E-state index contributed by atoms with van der Waals surface area (Å²) in [6.07, 6.45) is -1.80. The minimum Gasteiger partial charge on any atom is -0.458 e. The fourth-order valence-corrected chi connectivity index (χ4v) is 4.03. The van der Waals surface area contributed by atoms with Gasteiger partial charge >= 0.3 is 17.9 Å². The molecule has 1 N–H and O–H groups in total. The summed E-state index contributed by atoms with van der Waals surface area (Å²) in [6, 6.07) is 7.78. The molecule has 1 saturated carbocycles. The lowest BCUT2D eigenvalue weighted by Gasteiger charge is -2.47. The molecule has 1 aliphatic carbocycles. The molecule has 26 heavy (non-hydrogen) atoms. The first-order valence-electron chi connectivity index (χ1n) is 8.69. The molecule has 0 aromatic heterocycles. The molecule has 1 heterocycles. The topological polar surface area (TPSA) is 90.9 Å². The lowest BCUT2D eigenvalue weighted by Crippen LogP contribution is -2.62. The standard InChI is InChI=1S/C19H23NO6/c1-10(21)24-16-8-15-14-7-5-4-6-13(14)9-20-17(15)19(26-12(3)23)18(16)25-11(2)22/h4-7,15-20H,8-9H2,1-3H3. The van der Waals surface area contributed by atoms with E-state index in [1.165, 1.54) is 20.8 Å². The minimum atomic E-state index is -0.848. The van der Waals surface area contributed by atoms with Crippen molar-refractivity contribution in [2.45, 2.75) is 64.0 Å². The predicted molar refractivity (Wildman–Crippen MR) is 91.1 cm³/mol. The first-order valence-corrected chi connectivity index (χ1v) is 8.69. The fourth-order valence-electron chi connectivity index (χ4n) is 4.03. The van der Waals surface area contributed by atoms with Gasteiger partial charge in [0.2, 0.25) is 0 Å². The molecule has 0 amide bonds. The zero-order valence-corrected chi connectivity index (χ0v) is 15.1. The number of rotatable bonds is 3. The second kappa shape index (κ2) is 7.45. The van der Waals surface area contributed by atoms with Crippen LogP contribution in [0.5, 0.6) is 0 Å². The Morgan fingerprint density at radius 1 is 0.923 bits per heavy atom. The number of fused-ring (bicyclic) bond motifs is 3. The molecule has 1 aromatic carbocycles. The molecular formula is C19H23NO6. The van der Waals surface area contributed by atoms with Gasteiger partial charge in [-0.2, -0.15) is 0 Å². The van der Waals surface area contributed by atoms with Crippen molar-refractivity contribution < 1.29 is 28.6 Å². The normalized spacial score (nSPS) is 29.7. The summed E-state index contributed by atoms with van der Waals surface area (Å²) < 4.78 is 16.4. The van der Waals surface area contributed by atoms with Gasteiger partial charge in [0.1, 0.15) is 6.10 Å². The Morgan fingerprint density at radius 3 is 2.19 bits per heavy atom. The van der Waals surface area contributed by atoms with E-state index in [0.29, 0.717) is 13.0 Å². The summed E-state index contributed by atoms with van der Waals surface area (Å²) in [5, 5.41) is 3.40. The van der Waals surface area contributed by atoms with Gasteiger partial charge in [0, 0.05) is 33.2 Å². The van der Waals surface area contributed by atoms with E-state index in [0.717, 1.165) is 11.1 Å². The molecule has 0 spiro atoms. The molecular weight excluding hydrogens is 338 g/mol. The monoisotopic (exact) mass is 361 g/mol. The zero-order chi connectivity index (χ0) is 18.8. The summed E-state index contributed by atoms with van der Waals surface area (Å²) in [5.74, 6) is -1.49. The van der Waals surface area contributed by atoms with E-state index >= 15 is 0 Å². The predicted octanol–water partition coefficient (Wildman–Crippen LogP) is 1.44. The first-order chi connectivity index (χ1) is 12.4. The largest absolute Gasteiger partial charge is 0.458 e. The smallest absolute Gasteiger partial charge is 0.303 e. The number of ether oxygens (including phenoxy) is 3. The third-order valence-corrected chi connectivity index (χ3v) is 4.87. The molecule has 0 saturated heterocycles. The van der Waals surface area contributed by atoms with Gasteiger partial charge in [0.15, 0.2) is 12.2 Å². The highest BCUT2D eigenvalue weighted by molar-refractivity contribution is 5.68. The maximum absolute atomic E-state index is 11.7. The summed E-state index contributed by atoms with van der Waals surface area (Å²) in [4.78, 5) is 34.9. The van der Waals surface area contributed by atoms with Gasteiger partial charge in [-0.05, 0) is 17.5 Å². The number of carbonyl (C=O) groups excluding carboxylic acids is 3. The Labute approximate surface area is 152 Å². The van der Waals surface area contributed by atoms with E-state index in [4.69, 9.17) is 14.2 Å². The number of esters is 3. The highest BCUT2D eigenvalue weighted by atomic mass is 16.6. The Kier molecular flexibility index (Phi) is 5.27. The van der Waals surface area contributed by atoms with Crippen LogP contribution in [0.3, 0.4) is 0 Å². The van der Waals surface area contributed by atoms with Crippen LogP contribution in [-0.2, 0) is 35.1 Å². The van der Waals surface area contributed by atoms with Crippen molar-refractivity contribution in [3.63, 3.8) is 0 Å². The van der Waals surface area contributed by atoms with E-state index < -0.39 is 36.2 Å². The van der Waals surface area contributed by atoms with Crippen molar-refractivity contribution in [3.05, 3.63) is 35.4 Å². The number of carbonyl (C=O) groups is 3. The van der Waals surface area contributed by atoms with Crippen LogP contribution in [0.4, 0.5) is 0 Å². The van der Waals surface area contributed by atoms with Crippen LogP contribution in [0.25, 0.3) is 0 Å². The molecule has 1 fully saturated rings. The van der Waals surface area contributed by atoms with Gasteiger partial charge < -0.3 is 19.5 Å². The van der Waals surface area contributed by atoms with Crippen LogP contribution in [0.15, 0.2) is 24.3 Å². The second-order valence-electron chi connectivity index (χ2n) is 6.74. The second-order valence-corrected chi connectivity index (χ2v) is 6.74. The molecule has 3 rings (SSSR count). The van der Waals surface area contributed by atoms with Gasteiger partial charge in [-0.1, -0.05) is 24.3 Å². The molecule has 1 aliphatic heterocycles. The van der Waals surface area contributed by atoms with E-state index in [-0.39, 0.29) is 12.0 Å². The maximum Gasteiger partial charge on any atom is 0.303 e. The van der Waals surface area contributed by atoms with Crippen molar-refractivity contribution in [1.29, 1.82) is 0 Å². The first kappa shape index (κ1) is 18.4. The average molecular weight is 361 g/mol. The van der Waals surface area contributed by atoms with Crippen LogP contribution in [0.2, 0.25) is 0 Å². The van der Waals surface area contributed by atoms with Gasteiger partial charge in [-0.3, -0.25) is 14.4 Å². The summed E-state index contributed by atoms with van der Waals surface area (Å²) >= 11 is 0. The van der Waals surface area contributed by atoms with Crippen LogP contribution in [-0.4, -0.2) is 42.3 Å². The minimum absolute atomic E-state index is 0.0274. The van der Waals surface area contributed by atoms with Crippen LogP contribution in [0.1, 0.15) is 44.2 Å².